The minimum atomic E-state index is 0.159. The first-order chi connectivity index (χ1) is 10.8. The van der Waals surface area contributed by atoms with Gasteiger partial charge >= 0.3 is 0 Å². The number of anilines is 1. The highest BCUT2D eigenvalue weighted by Gasteiger charge is 2.36. The van der Waals surface area contributed by atoms with E-state index in [1.54, 1.807) is 0 Å². The summed E-state index contributed by atoms with van der Waals surface area (Å²) in [5.74, 6) is 1.49. The molecule has 4 nitrogen and oxygen atoms in total. The van der Waals surface area contributed by atoms with Gasteiger partial charge < -0.3 is 9.80 Å². The normalized spacial score (nSPS) is 19.3. The Bertz CT molecular complexity index is 688. The molecule has 3 heterocycles. The Morgan fingerprint density at radius 3 is 2.59 bits per heavy atom. The van der Waals surface area contributed by atoms with Crippen molar-refractivity contribution in [1.29, 1.82) is 0 Å². The number of carbonyl (C=O) groups is 1. The molecule has 0 spiro atoms. The van der Waals surface area contributed by atoms with Gasteiger partial charge in [-0.2, -0.15) is 0 Å². The molecule has 0 radical (unpaired) electrons. The molecule has 114 valence electrons. The molecule has 1 aromatic heterocycles. The van der Waals surface area contributed by atoms with Gasteiger partial charge in [0.2, 0.25) is 5.91 Å². The van der Waals surface area contributed by atoms with E-state index >= 15 is 0 Å². The molecular weight excluding hydrogens is 274 g/mol. The molecule has 2 aliphatic heterocycles. The fraction of sp³-hybridized carbons (Fsp3) is 0.444. The van der Waals surface area contributed by atoms with Crippen LogP contribution in [0.25, 0.3) is 10.9 Å². The summed E-state index contributed by atoms with van der Waals surface area (Å²) in [6.45, 7) is 3.51. The van der Waals surface area contributed by atoms with Gasteiger partial charge in [-0.3, -0.25) is 4.79 Å². The third-order valence-electron chi connectivity index (χ3n) is 4.81. The summed E-state index contributed by atoms with van der Waals surface area (Å²) in [6, 6.07) is 12.3. The summed E-state index contributed by atoms with van der Waals surface area (Å²) >= 11 is 0. The number of hydrogen-bond acceptors (Lipinski definition) is 3. The summed E-state index contributed by atoms with van der Waals surface area (Å²) in [5.41, 5.74) is 1.02. The van der Waals surface area contributed by atoms with E-state index in [0.29, 0.717) is 5.91 Å². The molecule has 0 atom stereocenters. The molecule has 1 aromatic carbocycles. The molecule has 1 amide bonds. The van der Waals surface area contributed by atoms with Crippen molar-refractivity contribution in [2.75, 3.05) is 31.1 Å². The van der Waals surface area contributed by atoms with Gasteiger partial charge in [-0.1, -0.05) is 18.2 Å². The number of rotatable bonds is 2. The Morgan fingerprint density at radius 2 is 1.77 bits per heavy atom. The zero-order valence-corrected chi connectivity index (χ0v) is 12.7. The van der Waals surface area contributed by atoms with Crippen molar-refractivity contribution in [3.8, 4) is 0 Å². The molecule has 2 saturated heterocycles. The molecule has 4 rings (SSSR count). The first-order valence-corrected chi connectivity index (χ1v) is 8.21. The van der Waals surface area contributed by atoms with E-state index in [9.17, 15) is 4.79 Å². The van der Waals surface area contributed by atoms with E-state index in [-0.39, 0.29) is 5.92 Å². The van der Waals surface area contributed by atoms with Crippen molar-refractivity contribution in [2.45, 2.75) is 19.3 Å². The standard InChI is InChI=1S/C18H21N3O/c22-18(20-10-4-1-5-11-20)15-12-21(13-15)17-9-8-14-6-2-3-7-16(14)19-17/h2-3,6-9,15H,1,4-5,10-13H2. The van der Waals surface area contributed by atoms with Gasteiger partial charge in [0, 0.05) is 31.6 Å². The van der Waals surface area contributed by atoms with E-state index < -0.39 is 0 Å². The highest BCUT2D eigenvalue weighted by Crippen LogP contribution is 2.27. The zero-order valence-electron chi connectivity index (χ0n) is 12.7. The van der Waals surface area contributed by atoms with Crippen LogP contribution in [0.3, 0.4) is 0 Å². The van der Waals surface area contributed by atoms with Crippen molar-refractivity contribution in [3.63, 3.8) is 0 Å². The highest BCUT2D eigenvalue weighted by atomic mass is 16.2. The average Bonchev–Trinajstić information content (AvgIpc) is 2.54. The van der Waals surface area contributed by atoms with Crippen molar-refractivity contribution < 1.29 is 4.79 Å². The van der Waals surface area contributed by atoms with Crippen LogP contribution in [0.5, 0.6) is 0 Å². The van der Waals surface area contributed by atoms with Crippen LogP contribution in [0, 0.1) is 5.92 Å². The maximum Gasteiger partial charge on any atom is 0.229 e. The van der Waals surface area contributed by atoms with Crippen LogP contribution in [-0.4, -0.2) is 42.0 Å². The van der Waals surface area contributed by atoms with E-state index in [0.717, 1.165) is 55.7 Å². The summed E-state index contributed by atoms with van der Waals surface area (Å²) in [4.78, 5) is 21.4. The number of aromatic nitrogens is 1. The third kappa shape index (κ3) is 2.43. The number of carbonyl (C=O) groups excluding carboxylic acids is 1. The van der Waals surface area contributed by atoms with E-state index in [4.69, 9.17) is 4.98 Å². The smallest absolute Gasteiger partial charge is 0.229 e. The molecule has 2 aromatic rings. The minimum Gasteiger partial charge on any atom is -0.355 e. The summed E-state index contributed by atoms with van der Waals surface area (Å²) < 4.78 is 0. The van der Waals surface area contributed by atoms with Gasteiger partial charge in [0.1, 0.15) is 5.82 Å². The summed E-state index contributed by atoms with van der Waals surface area (Å²) in [6.07, 6.45) is 3.59. The Kier molecular flexibility index (Phi) is 3.45. The average molecular weight is 295 g/mol. The van der Waals surface area contributed by atoms with Crippen LogP contribution in [0.1, 0.15) is 19.3 Å². The van der Waals surface area contributed by atoms with Gasteiger partial charge in [-0.05, 0) is 37.5 Å². The molecule has 2 aliphatic rings. The number of nitrogens with zero attached hydrogens (tertiary/aromatic N) is 3. The fourth-order valence-electron chi connectivity index (χ4n) is 3.43. The first kappa shape index (κ1) is 13.6. The van der Waals surface area contributed by atoms with Gasteiger partial charge in [0.25, 0.3) is 0 Å². The lowest BCUT2D eigenvalue weighted by atomic mass is 9.97. The van der Waals surface area contributed by atoms with Crippen molar-refractivity contribution in [2.24, 2.45) is 5.92 Å². The van der Waals surface area contributed by atoms with Crippen LogP contribution in [-0.2, 0) is 4.79 Å². The Balaban J connectivity index is 1.42. The van der Waals surface area contributed by atoms with Crippen LogP contribution in [0.4, 0.5) is 5.82 Å². The number of para-hydroxylation sites is 1. The van der Waals surface area contributed by atoms with Crippen molar-refractivity contribution in [1.82, 2.24) is 9.88 Å². The molecule has 0 bridgehead atoms. The number of piperidine rings is 1. The van der Waals surface area contributed by atoms with Crippen LogP contribution in [0.15, 0.2) is 36.4 Å². The lowest BCUT2D eigenvalue weighted by molar-refractivity contribution is -0.137. The largest absolute Gasteiger partial charge is 0.355 e. The maximum absolute atomic E-state index is 12.4. The lowest BCUT2D eigenvalue weighted by Gasteiger charge is -2.42. The number of amides is 1. The number of pyridine rings is 1. The first-order valence-electron chi connectivity index (χ1n) is 8.21. The van der Waals surface area contributed by atoms with Crippen molar-refractivity contribution >= 4 is 22.6 Å². The number of benzene rings is 1. The summed E-state index contributed by atoms with van der Waals surface area (Å²) in [7, 11) is 0. The predicted molar refractivity (Wildman–Crippen MR) is 87.9 cm³/mol. The second-order valence-corrected chi connectivity index (χ2v) is 6.35. The van der Waals surface area contributed by atoms with Gasteiger partial charge in [0.15, 0.2) is 0 Å². The quantitative estimate of drug-likeness (QED) is 0.854. The molecule has 0 saturated carbocycles. The summed E-state index contributed by atoms with van der Waals surface area (Å²) in [5, 5.41) is 1.16. The number of hydrogen-bond donors (Lipinski definition) is 0. The molecule has 0 unspecified atom stereocenters. The van der Waals surface area contributed by atoms with E-state index in [1.807, 2.05) is 18.2 Å². The topological polar surface area (TPSA) is 36.4 Å². The second-order valence-electron chi connectivity index (χ2n) is 6.35. The second kappa shape index (κ2) is 5.59. The van der Waals surface area contributed by atoms with Crippen molar-refractivity contribution in [3.05, 3.63) is 36.4 Å². The molecule has 4 heteroatoms. The van der Waals surface area contributed by atoms with Gasteiger partial charge in [-0.25, -0.2) is 4.98 Å². The Morgan fingerprint density at radius 1 is 1.00 bits per heavy atom. The van der Waals surface area contributed by atoms with Crippen LogP contribution in [0.2, 0.25) is 0 Å². The highest BCUT2D eigenvalue weighted by molar-refractivity contribution is 5.83. The molecule has 0 N–H and O–H groups in total. The van der Waals surface area contributed by atoms with Gasteiger partial charge in [-0.15, -0.1) is 0 Å². The number of fused-ring (bicyclic) bond motifs is 1. The molecular formula is C18H21N3O. The number of likely N-dealkylation sites (tertiary alicyclic amines) is 1. The van der Waals surface area contributed by atoms with Crippen LogP contribution >= 0.6 is 0 Å². The molecule has 0 aliphatic carbocycles. The van der Waals surface area contributed by atoms with E-state index in [2.05, 4.69) is 28.0 Å². The van der Waals surface area contributed by atoms with Gasteiger partial charge in [0.05, 0.1) is 11.4 Å². The SMILES string of the molecule is O=C(C1CN(c2ccc3ccccc3n2)C1)N1CCCCC1. The molecule has 22 heavy (non-hydrogen) atoms. The van der Waals surface area contributed by atoms with E-state index in [1.165, 1.54) is 6.42 Å². The maximum atomic E-state index is 12.4. The Labute approximate surface area is 130 Å². The predicted octanol–water partition coefficient (Wildman–Crippen LogP) is 2.68. The van der Waals surface area contributed by atoms with Crippen LogP contribution < -0.4 is 4.90 Å². The third-order valence-corrected chi connectivity index (χ3v) is 4.81. The molecule has 2 fully saturated rings. The monoisotopic (exact) mass is 295 g/mol. The zero-order chi connectivity index (χ0) is 14.9. The lowest BCUT2D eigenvalue weighted by Crippen LogP contribution is -2.55. The fourth-order valence-corrected chi connectivity index (χ4v) is 3.43. The Hall–Kier alpha value is -2.10. The minimum absolute atomic E-state index is 0.159.